The summed E-state index contributed by atoms with van der Waals surface area (Å²) < 4.78 is 296. The van der Waals surface area contributed by atoms with Crippen LogP contribution in [0.4, 0.5) is 87.8 Å². The highest BCUT2D eigenvalue weighted by molar-refractivity contribution is 7.20. The summed E-state index contributed by atoms with van der Waals surface area (Å²) in [7, 11) is 0. The molecule has 7 rings (SSSR count). The van der Waals surface area contributed by atoms with Gasteiger partial charge in [-0.3, -0.25) is 4.79 Å². The molecule has 344 valence electrons. The number of carboxylic acids is 1. The highest BCUT2D eigenvalue weighted by Gasteiger charge is 2.52. The molecule has 0 atom stereocenters. The second-order valence-electron chi connectivity index (χ2n) is 13.8. The molecule has 7 aromatic rings. The Balaban J connectivity index is 0.000000284. The second-order valence-corrected chi connectivity index (χ2v) is 13.8. The van der Waals surface area contributed by atoms with Crippen LogP contribution in [0.1, 0.15) is 11.3 Å². The third kappa shape index (κ3) is 7.59. The zero-order chi connectivity index (χ0) is 49.0. The molecule has 1 aromatic heterocycles. The fraction of sp³-hybridized carbons (Fsp3) is 0.0476. The fourth-order valence-electron chi connectivity index (χ4n) is 7.44. The maximum atomic E-state index is 15.4. The van der Waals surface area contributed by atoms with E-state index < -0.39 is 150 Å². The first-order valence-electron chi connectivity index (χ1n) is 17.8. The molecule has 0 aliphatic rings. The van der Waals surface area contributed by atoms with Gasteiger partial charge in [0, 0.05) is 23.1 Å². The molecule has 0 aliphatic heterocycles. The summed E-state index contributed by atoms with van der Waals surface area (Å²) in [5.41, 5.74) is -11.3. The Labute approximate surface area is 354 Å². The van der Waals surface area contributed by atoms with E-state index in [1.165, 1.54) is 0 Å². The Morgan fingerprint density at radius 3 is 0.985 bits per heavy atom. The Morgan fingerprint density at radius 1 is 0.379 bits per heavy atom. The van der Waals surface area contributed by atoms with Crippen molar-refractivity contribution in [3.8, 4) is 0 Å². The average Bonchev–Trinajstić information content (AvgIpc) is 3.30. The van der Waals surface area contributed by atoms with Crippen LogP contribution in [0.25, 0.3) is 10.9 Å². The lowest BCUT2D eigenvalue weighted by Gasteiger charge is -2.44. The van der Waals surface area contributed by atoms with Crippen molar-refractivity contribution in [2.75, 3.05) is 0 Å². The number of nitrogens with zero attached hydrogens (tertiary/aromatic N) is 1. The zero-order valence-corrected chi connectivity index (χ0v) is 31.7. The number of para-hydroxylation sites is 1. The highest BCUT2D eigenvalue weighted by atomic mass is 19.2. The van der Waals surface area contributed by atoms with Gasteiger partial charge in [-0.15, -0.1) is 21.9 Å². The maximum absolute atomic E-state index is 15.4. The van der Waals surface area contributed by atoms with E-state index in [2.05, 4.69) is 16.7 Å². The van der Waals surface area contributed by atoms with Gasteiger partial charge in [0.1, 0.15) is 59.1 Å². The van der Waals surface area contributed by atoms with Gasteiger partial charge < -0.3 is 5.11 Å². The first kappa shape index (κ1) is 48.3. The predicted octanol–water partition coefficient (Wildman–Crippen LogP) is 8.65. The predicted molar refractivity (Wildman–Crippen MR) is 190 cm³/mol. The van der Waals surface area contributed by atoms with E-state index in [0.717, 1.165) is 22.2 Å². The molecule has 0 saturated carbocycles. The van der Waals surface area contributed by atoms with E-state index in [9.17, 15) is 57.5 Å². The molecular formula is C42H16BF20NO2. The van der Waals surface area contributed by atoms with Crippen molar-refractivity contribution in [1.29, 1.82) is 0 Å². The summed E-state index contributed by atoms with van der Waals surface area (Å²) in [6.45, 7) is 0.671. The lowest BCUT2D eigenvalue weighted by molar-refractivity contribution is -0.669. The van der Waals surface area contributed by atoms with E-state index >= 15 is 35.1 Å². The summed E-state index contributed by atoms with van der Waals surface area (Å²) in [6.07, 6.45) is -7.19. The van der Waals surface area contributed by atoms with E-state index in [1.807, 2.05) is 54.6 Å². The first-order chi connectivity index (χ1) is 30.9. The summed E-state index contributed by atoms with van der Waals surface area (Å²) in [4.78, 5) is 11.1. The van der Waals surface area contributed by atoms with Crippen molar-refractivity contribution < 1.29 is 102 Å². The van der Waals surface area contributed by atoms with Gasteiger partial charge in [0.2, 0.25) is 5.52 Å². The molecule has 0 radical (unpaired) electrons. The van der Waals surface area contributed by atoms with Gasteiger partial charge in [0.05, 0.1) is 0 Å². The molecule has 0 fully saturated rings. The summed E-state index contributed by atoms with van der Waals surface area (Å²) >= 11 is 0. The van der Waals surface area contributed by atoms with Gasteiger partial charge in [-0.25, -0.2) is 87.8 Å². The Hall–Kier alpha value is -7.14. The molecule has 0 bridgehead atoms. The highest BCUT2D eigenvalue weighted by Crippen LogP contribution is 2.31. The zero-order valence-electron chi connectivity index (χ0n) is 31.7. The van der Waals surface area contributed by atoms with Gasteiger partial charge in [-0.2, -0.15) is 4.57 Å². The number of carbonyl (C=O) groups is 1. The van der Waals surface area contributed by atoms with Crippen molar-refractivity contribution in [3.63, 3.8) is 0 Å². The molecular weight excluding hydrogens is 941 g/mol. The number of aromatic nitrogens is 1. The smallest absolute Gasteiger partial charge is 0.314 e. The van der Waals surface area contributed by atoms with Crippen LogP contribution in [-0.4, -0.2) is 17.2 Å². The monoisotopic (exact) mass is 957 g/mol. The number of fused-ring (bicyclic) bond motifs is 1. The number of benzene rings is 6. The number of pyridine rings is 1. The number of carboxylic acid groups (broad SMARTS) is 1. The SMILES string of the molecule is Fc1c(F)c(F)c([B-](c2c(F)c(F)c(F)c(F)c2F)(c2c(F)c(F)c(F)c(F)c2F)c2c(F)c(F)c(F)c(F)c2F)c(F)c1F.O=C(O)Cc1ccc2ccccc2[n+]1Cc1ccccc1. The Bertz CT molecular complexity index is 2750. The second kappa shape index (κ2) is 18.0. The molecule has 0 aliphatic carbocycles. The van der Waals surface area contributed by atoms with Crippen LogP contribution in [-0.2, 0) is 17.8 Å². The summed E-state index contributed by atoms with van der Waals surface area (Å²) in [6, 6.07) is 22.0. The van der Waals surface area contributed by atoms with Crippen LogP contribution in [0, 0.1) is 116 Å². The topological polar surface area (TPSA) is 41.2 Å². The van der Waals surface area contributed by atoms with Crippen molar-refractivity contribution >= 4 is 44.9 Å². The van der Waals surface area contributed by atoms with Crippen LogP contribution in [0.5, 0.6) is 0 Å². The van der Waals surface area contributed by atoms with E-state index in [1.54, 1.807) is 0 Å². The van der Waals surface area contributed by atoms with Crippen LogP contribution in [0.15, 0.2) is 66.7 Å². The molecule has 6 aromatic carbocycles. The molecule has 66 heavy (non-hydrogen) atoms. The molecule has 1 heterocycles. The standard InChI is InChI=1S/C24BF20.C18H15NO2/c26-5-1(6(27)14(35)21(42)13(5)34)25(2-7(28)15(36)22(43)16(37)8(2)29,3-9(30)17(38)23(44)18(39)10(3)31)4-11(32)19(40)24(45)20(41)12(4)33;20-18(21)12-16-11-10-15-8-4-5-9-17(15)19(16)13-14-6-2-1-3-7-14/h;1-11H,12-13H2/q-1;/p+1. The van der Waals surface area contributed by atoms with Crippen LogP contribution in [0.2, 0.25) is 0 Å². The van der Waals surface area contributed by atoms with Crippen LogP contribution >= 0.6 is 0 Å². The van der Waals surface area contributed by atoms with E-state index in [0.29, 0.717) is 6.54 Å². The minimum Gasteiger partial charge on any atom is -0.481 e. The van der Waals surface area contributed by atoms with Crippen molar-refractivity contribution in [2.45, 2.75) is 13.0 Å². The quantitative estimate of drug-likeness (QED) is 0.0546. The number of rotatable bonds is 8. The largest absolute Gasteiger partial charge is 0.481 e. The summed E-state index contributed by atoms with van der Waals surface area (Å²) in [5, 5.41) is 10.2. The van der Waals surface area contributed by atoms with Crippen molar-refractivity contribution in [2.24, 2.45) is 0 Å². The molecule has 24 heteroatoms. The van der Waals surface area contributed by atoms with Crippen molar-refractivity contribution in [1.82, 2.24) is 0 Å². The third-order valence-corrected chi connectivity index (χ3v) is 10.3. The van der Waals surface area contributed by atoms with Crippen LogP contribution in [0.3, 0.4) is 0 Å². The number of hydrogen-bond acceptors (Lipinski definition) is 1. The number of hydrogen-bond donors (Lipinski definition) is 1. The third-order valence-electron chi connectivity index (χ3n) is 10.3. The molecule has 3 nitrogen and oxygen atoms in total. The van der Waals surface area contributed by atoms with Gasteiger partial charge >= 0.3 is 5.97 Å². The normalized spacial score (nSPS) is 11.6. The molecule has 0 saturated heterocycles. The Kier molecular flexibility index (Phi) is 13.2. The number of halogens is 20. The number of aliphatic carboxylic acids is 1. The maximum Gasteiger partial charge on any atom is 0.314 e. The van der Waals surface area contributed by atoms with Gasteiger partial charge in [0.25, 0.3) is 0 Å². The molecule has 0 unspecified atom stereocenters. The van der Waals surface area contributed by atoms with E-state index in [4.69, 9.17) is 5.11 Å². The molecule has 0 spiro atoms. The van der Waals surface area contributed by atoms with Crippen LogP contribution < -0.4 is 26.4 Å². The molecule has 0 amide bonds. The minimum atomic E-state index is -7.22. The van der Waals surface area contributed by atoms with Gasteiger partial charge in [-0.05, 0) is 12.1 Å². The fourth-order valence-corrected chi connectivity index (χ4v) is 7.44. The van der Waals surface area contributed by atoms with Gasteiger partial charge in [0.15, 0.2) is 82.0 Å². The average molecular weight is 957 g/mol. The van der Waals surface area contributed by atoms with E-state index in [-0.39, 0.29) is 6.42 Å². The lowest BCUT2D eigenvalue weighted by atomic mass is 9.12. The Morgan fingerprint density at radius 2 is 0.667 bits per heavy atom. The first-order valence-corrected chi connectivity index (χ1v) is 17.8. The van der Waals surface area contributed by atoms with Crippen molar-refractivity contribution in [3.05, 3.63) is 194 Å². The minimum absolute atomic E-state index is 0.0255. The lowest BCUT2D eigenvalue weighted by Crippen LogP contribution is -2.81. The summed E-state index contributed by atoms with van der Waals surface area (Å²) in [5.74, 6) is -72.2. The van der Waals surface area contributed by atoms with Gasteiger partial charge in [-0.1, -0.05) is 42.5 Å². The molecule has 1 N–H and O–H groups in total.